The number of nitrogens with one attached hydrogen (secondary N) is 1. The molecule has 1 aliphatic rings. The third-order valence-corrected chi connectivity index (χ3v) is 7.11. The topological polar surface area (TPSA) is 129 Å². The van der Waals surface area contributed by atoms with Crippen LogP contribution in [0.5, 0.6) is 5.75 Å². The van der Waals surface area contributed by atoms with Gasteiger partial charge in [-0.2, -0.15) is 0 Å². The molecule has 0 aromatic heterocycles. The largest absolute Gasteiger partial charge is 0.494 e. The summed E-state index contributed by atoms with van der Waals surface area (Å²) >= 11 is 12.2. The number of hydrogen-bond donors (Lipinski definition) is 2. The Kier molecular flexibility index (Phi) is 9.32. The smallest absolute Gasteiger partial charge is 0.252 e. The summed E-state index contributed by atoms with van der Waals surface area (Å²) in [5.74, 6) is 0.610. The van der Waals surface area contributed by atoms with Gasteiger partial charge in [-0.3, -0.25) is 4.79 Å². The molecule has 0 saturated carbocycles. The average molecular weight is 568 g/mol. The van der Waals surface area contributed by atoms with Crippen LogP contribution >= 0.6 is 23.2 Å². The summed E-state index contributed by atoms with van der Waals surface area (Å²) in [6.07, 6.45) is 0.0372. The van der Waals surface area contributed by atoms with E-state index in [-0.39, 0.29) is 25.5 Å². The van der Waals surface area contributed by atoms with Gasteiger partial charge in [0.1, 0.15) is 11.9 Å². The van der Waals surface area contributed by atoms with Gasteiger partial charge in [-0.1, -0.05) is 58.6 Å². The molecule has 0 fully saturated rings. The van der Waals surface area contributed by atoms with Gasteiger partial charge in [0.15, 0.2) is 5.54 Å². The molecule has 2 N–H and O–H groups in total. The first-order valence-electron chi connectivity index (χ1n) is 12.3. The van der Waals surface area contributed by atoms with Crippen molar-refractivity contribution in [1.29, 1.82) is 0 Å². The van der Waals surface area contributed by atoms with Crippen molar-refractivity contribution in [3.8, 4) is 5.75 Å². The first-order valence-corrected chi connectivity index (χ1v) is 13.1. The van der Waals surface area contributed by atoms with Crippen molar-refractivity contribution in [3.63, 3.8) is 0 Å². The second-order valence-electron chi connectivity index (χ2n) is 8.98. The molecule has 0 bridgehead atoms. The number of aliphatic hydroxyl groups is 1. The molecule has 3 aromatic rings. The number of aliphatic imine (C=N–C) groups is 1. The minimum atomic E-state index is -1.34. The fraction of sp³-hybridized carbons (Fsp3) is 0.286. The fourth-order valence-corrected chi connectivity index (χ4v) is 4.55. The van der Waals surface area contributed by atoms with Crippen LogP contribution in [0.2, 0.25) is 10.0 Å². The Labute approximate surface area is 236 Å². The number of hydrogen-bond acceptors (Lipinski definition) is 6. The van der Waals surface area contributed by atoms with Gasteiger partial charge in [0.05, 0.1) is 16.7 Å². The van der Waals surface area contributed by atoms with Gasteiger partial charge < -0.3 is 19.9 Å². The molecule has 0 radical (unpaired) electrons. The number of halogens is 2. The van der Waals surface area contributed by atoms with Gasteiger partial charge in [-0.15, -0.1) is 0 Å². The van der Waals surface area contributed by atoms with Crippen molar-refractivity contribution in [3.05, 3.63) is 104 Å². The Morgan fingerprint density at radius 3 is 2.67 bits per heavy atom. The Morgan fingerprint density at radius 1 is 1.18 bits per heavy atom. The molecule has 2 atom stereocenters. The highest BCUT2D eigenvalue weighted by Crippen LogP contribution is 2.35. The van der Waals surface area contributed by atoms with Crippen LogP contribution in [-0.2, 0) is 22.5 Å². The highest BCUT2D eigenvalue weighted by atomic mass is 35.5. The normalized spacial score (nSPS) is 18.1. The maximum atomic E-state index is 13.9. The number of carbonyl (C=O) groups excluding carboxylic acids is 1. The molecule has 1 heterocycles. The van der Waals surface area contributed by atoms with E-state index in [1.54, 1.807) is 67.6 Å². The lowest BCUT2D eigenvalue weighted by molar-refractivity contribution is -0.128. The molecule has 3 aromatic carbocycles. The van der Waals surface area contributed by atoms with E-state index in [9.17, 15) is 4.79 Å². The van der Waals surface area contributed by atoms with Gasteiger partial charge >= 0.3 is 0 Å². The molecule has 1 amide bonds. The highest BCUT2D eigenvalue weighted by molar-refractivity contribution is 6.42. The number of rotatable bonds is 11. The average Bonchev–Trinajstić information content (AvgIpc) is 3.27. The lowest BCUT2D eigenvalue weighted by atomic mass is 9.85. The molecule has 4 rings (SSSR count). The van der Waals surface area contributed by atoms with Crippen molar-refractivity contribution in [1.82, 2.24) is 5.32 Å². The molecule has 11 heteroatoms. The number of aliphatic hydroxyl groups excluding tert-OH is 1. The van der Waals surface area contributed by atoms with Crippen molar-refractivity contribution >= 4 is 40.7 Å². The summed E-state index contributed by atoms with van der Waals surface area (Å²) in [6.45, 7) is 2.44. The van der Waals surface area contributed by atoms with E-state index in [0.717, 1.165) is 5.56 Å². The Balaban J connectivity index is 1.66. The molecule has 39 heavy (non-hydrogen) atoms. The number of azide groups is 1. The van der Waals surface area contributed by atoms with Gasteiger partial charge in [0, 0.05) is 42.2 Å². The van der Waals surface area contributed by atoms with E-state index in [2.05, 4.69) is 15.3 Å². The van der Waals surface area contributed by atoms with Crippen LogP contribution in [0.25, 0.3) is 10.4 Å². The molecule has 0 aliphatic carbocycles. The third kappa shape index (κ3) is 6.64. The Bertz CT molecular complexity index is 1410. The predicted molar refractivity (Wildman–Crippen MR) is 151 cm³/mol. The summed E-state index contributed by atoms with van der Waals surface area (Å²) in [6, 6.07) is 19.4. The number of ether oxygens (including phenoxy) is 2. The monoisotopic (exact) mass is 567 g/mol. The Hall–Kier alpha value is -3.75. The van der Waals surface area contributed by atoms with Crippen molar-refractivity contribution in [2.75, 3.05) is 13.2 Å². The summed E-state index contributed by atoms with van der Waals surface area (Å²) in [7, 11) is 0. The zero-order valence-corrected chi connectivity index (χ0v) is 22.7. The second-order valence-corrected chi connectivity index (χ2v) is 9.79. The van der Waals surface area contributed by atoms with Crippen LogP contribution in [0, 0.1) is 0 Å². The maximum Gasteiger partial charge on any atom is 0.252 e. The van der Waals surface area contributed by atoms with E-state index >= 15 is 0 Å². The van der Waals surface area contributed by atoms with Crippen molar-refractivity contribution in [2.45, 2.75) is 38.0 Å². The zero-order chi connectivity index (χ0) is 27.8. The van der Waals surface area contributed by atoms with Gasteiger partial charge in [-0.05, 0) is 60.0 Å². The lowest BCUT2D eigenvalue weighted by Crippen LogP contribution is -2.52. The van der Waals surface area contributed by atoms with E-state index in [1.165, 1.54) is 0 Å². The van der Waals surface area contributed by atoms with E-state index in [4.69, 9.17) is 48.3 Å². The molecule has 1 aliphatic heterocycles. The first kappa shape index (κ1) is 28.3. The molecular formula is C28H27Cl2N5O4. The first-order chi connectivity index (χ1) is 18.9. The molecular weight excluding hydrogens is 541 g/mol. The fourth-order valence-electron chi connectivity index (χ4n) is 4.22. The number of benzene rings is 3. The molecule has 9 nitrogen and oxygen atoms in total. The van der Waals surface area contributed by atoms with Crippen LogP contribution in [0.3, 0.4) is 0 Å². The summed E-state index contributed by atoms with van der Waals surface area (Å²) in [5.41, 5.74) is 10.2. The summed E-state index contributed by atoms with van der Waals surface area (Å²) in [5, 5.41) is 16.5. The molecule has 202 valence electrons. The quantitative estimate of drug-likeness (QED) is 0.124. The number of nitrogens with zero attached hydrogens (tertiary/aromatic N) is 4. The second kappa shape index (κ2) is 12.9. The standard InChI is InChI=1S/C28H27Cl2N5O4/c1-18-28(16-21-5-2-3-6-25(21)34-35-31,27(37)32-17-19-7-12-23(29)24(30)15-19)33-26(39-18)20-8-10-22(11-9-20)38-14-4-13-36/h2-3,5-12,15,18,36H,4,13-14,16-17H2,1H3,(H,32,37)/t18-,28-/m1/s1. The van der Waals surface area contributed by atoms with Gasteiger partial charge in [0.2, 0.25) is 5.90 Å². The lowest BCUT2D eigenvalue weighted by Gasteiger charge is -2.28. The van der Waals surface area contributed by atoms with Gasteiger partial charge in [0.25, 0.3) is 5.91 Å². The van der Waals surface area contributed by atoms with Crippen LogP contribution < -0.4 is 10.1 Å². The minimum Gasteiger partial charge on any atom is -0.494 e. The van der Waals surface area contributed by atoms with E-state index in [1.807, 2.05) is 6.07 Å². The molecule has 0 spiro atoms. The van der Waals surface area contributed by atoms with Crippen molar-refractivity contribution in [2.24, 2.45) is 10.1 Å². The minimum absolute atomic E-state index is 0.0542. The number of carbonyl (C=O) groups is 1. The number of amides is 1. The molecule has 0 unspecified atom stereocenters. The summed E-state index contributed by atoms with van der Waals surface area (Å²) in [4.78, 5) is 21.6. The van der Waals surface area contributed by atoms with Crippen LogP contribution in [0.1, 0.15) is 30.0 Å². The van der Waals surface area contributed by atoms with E-state index < -0.39 is 11.6 Å². The molecule has 0 saturated heterocycles. The third-order valence-electron chi connectivity index (χ3n) is 6.37. The predicted octanol–water partition coefficient (Wildman–Crippen LogP) is 6.16. The van der Waals surface area contributed by atoms with Crippen LogP contribution in [0.4, 0.5) is 5.69 Å². The van der Waals surface area contributed by atoms with Crippen LogP contribution in [-0.4, -0.2) is 41.8 Å². The highest BCUT2D eigenvalue weighted by Gasteiger charge is 2.50. The van der Waals surface area contributed by atoms with E-state index in [0.29, 0.717) is 51.5 Å². The SMILES string of the molecule is C[C@H]1OC(c2ccc(OCCCO)cc2)=N[C@@]1(Cc1ccccc1N=[N+]=[N-])C(=O)NCc1ccc(Cl)c(Cl)c1. The zero-order valence-electron chi connectivity index (χ0n) is 21.2. The van der Waals surface area contributed by atoms with Gasteiger partial charge in [-0.25, -0.2) is 4.99 Å². The van der Waals surface area contributed by atoms with Crippen LogP contribution in [0.15, 0.2) is 76.8 Å². The maximum absolute atomic E-state index is 13.9. The Morgan fingerprint density at radius 2 is 1.95 bits per heavy atom. The summed E-state index contributed by atoms with van der Waals surface area (Å²) < 4.78 is 11.8. The van der Waals surface area contributed by atoms with Crippen molar-refractivity contribution < 1.29 is 19.4 Å².